The molecule has 140 valence electrons. The molecule has 25 heavy (non-hydrogen) atoms. The van der Waals surface area contributed by atoms with Crippen molar-refractivity contribution in [1.82, 2.24) is 0 Å². The summed E-state index contributed by atoms with van der Waals surface area (Å²) in [6.45, 7) is 2.20. The number of aliphatic carboxylic acids is 1. The highest BCUT2D eigenvalue weighted by Gasteiger charge is 2.07. The van der Waals surface area contributed by atoms with Gasteiger partial charge in [0, 0.05) is 6.42 Å². The first kappa shape index (κ1) is 22.8. The normalized spacial score (nSPS) is 12.6. The van der Waals surface area contributed by atoms with Gasteiger partial charge >= 0.3 is 5.97 Å². The van der Waals surface area contributed by atoms with Crippen molar-refractivity contribution in [3.8, 4) is 0 Å². The minimum absolute atomic E-state index is 0.0369. The number of rotatable bonds is 15. The summed E-state index contributed by atoms with van der Waals surface area (Å²) in [5.41, 5.74) is 0.126. The number of carboxylic acid groups (broad SMARTS) is 1. The van der Waals surface area contributed by atoms with Gasteiger partial charge in [0.25, 0.3) is 0 Å². The molecule has 0 aliphatic carbocycles. The third-order valence-corrected chi connectivity index (χ3v) is 3.55. The fourth-order valence-electron chi connectivity index (χ4n) is 2.13. The first-order valence-corrected chi connectivity index (χ1v) is 9.08. The van der Waals surface area contributed by atoms with Gasteiger partial charge in [-0.25, -0.2) is 0 Å². The van der Waals surface area contributed by atoms with E-state index in [9.17, 15) is 14.9 Å². The van der Waals surface area contributed by atoms with Crippen molar-refractivity contribution in [2.45, 2.75) is 71.1 Å². The Morgan fingerprint density at radius 1 is 0.960 bits per heavy atom. The highest BCUT2D eigenvalue weighted by molar-refractivity contribution is 5.66. The van der Waals surface area contributed by atoms with Crippen LogP contribution in [0, 0.1) is 10.1 Å². The van der Waals surface area contributed by atoms with Gasteiger partial charge in [0.1, 0.15) is 0 Å². The van der Waals surface area contributed by atoms with E-state index < -0.39 is 10.9 Å². The predicted octanol–water partition coefficient (Wildman–Crippen LogP) is 5.82. The molecule has 0 saturated carbocycles. The summed E-state index contributed by atoms with van der Waals surface area (Å²) in [4.78, 5) is 20.9. The van der Waals surface area contributed by atoms with Crippen molar-refractivity contribution in [2.24, 2.45) is 0 Å². The zero-order chi connectivity index (χ0) is 18.8. The number of allylic oxidation sites excluding steroid dienone is 7. The Labute approximate surface area is 151 Å². The van der Waals surface area contributed by atoms with Crippen LogP contribution < -0.4 is 0 Å². The van der Waals surface area contributed by atoms with Crippen molar-refractivity contribution < 1.29 is 14.8 Å². The second-order valence-corrected chi connectivity index (χ2v) is 5.82. The maximum Gasteiger partial charge on any atom is 0.303 e. The first-order chi connectivity index (χ1) is 12.1. The van der Waals surface area contributed by atoms with Crippen LogP contribution in [0.1, 0.15) is 71.1 Å². The summed E-state index contributed by atoms with van der Waals surface area (Å²) in [6.07, 6.45) is 21.5. The molecule has 0 spiro atoms. The van der Waals surface area contributed by atoms with Crippen LogP contribution in [0.5, 0.6) is 0 Å². The van der Waals surface area contributed by atoms with Crippen molar-refractivity contribution in [1.29, 1.82) is 0 Å². The Balaban J connectivity index is 3.94. The first-order valence-electron chi connectivity index (χ1n) is 9.08. The summed E-state index contributed by atoms with van der Waals surface area (Å²) < 4.78 is 0. The van der Waals surface area contributed by atoms with Crippen LogP contribution in [0.3, 0.4) is 0 Å². The number of unbranched alkanes of at least 4 members (excludes halogenated alkanes) is 4. The molecule has 0 aromatic carbocycles. The molecule has 0 amide bonds. The Hall–Kier alpha value is -2.17. The van der Waals surface area contributed by atoms with E-state index in [2.05, 4.69) is 31.2 Å². The molecule has 5 heteroatoms. The van der Waals surface area contributed by atoms with Gasteiger partial charge in [0.15, 0.2) is 0 Å². The van der Waals surface area contributed by atoms with Crippen LogP contribution in [0.25, 0.3) is 0 Å². The summed E-state index contributed by atoms with van der Waals surface area (Å²) in [5.74, 6) is -0.876. The van der Waals surface area contributed by atoms with Gasteiger partial charge in [-0.05, 0) is 44.6 Å². The molecule has 0 atom stereocenters. The zero-order valence-electron chi connectivity index (χ0n) is 15.2. The molecule has 0 aromatic heterocycles. The third kappa shape index (κ3) is 16.5. The minimum atomic E-state index is -0.876. The Morgan fingerprint density at radius 2 is 1.60 bits per heavy atom. The molecular weight excluding hydrogens is 318 g/mol. The molecule has 0 bridgehead atoms. The molecule has 0 heterocycles. The molecule has 5 nitrogen and oxygen atoms in total. The lowest BCUT2D eigenvalue weighted by Gasteiger charge is -1.95. The maximum absolute atomic E-state index is 10.9. The SMILES string of the molecule is CCCCC/C=C\C/C=C\C/C=C\C/C(=C\CCCC(=O)O)[N+](=O)[O-]. The average Bonchev–Trinajstić information content (AvgIpc) is 2.57. The van der Waals surface area contributed by atoms with Crippen LogP contribution in [-0.4, -0.2) is 16.0 Å². The Morgan fingerprint density at radius 3 is 2.20 bits per heavy atom. The number of nitro groups is 1. The van der Waals surface area contributed by atoms with Crippen LogP contribution >= 0.6 is 0 Å². The van der Waals surface area contributed by atoms with Crippen LogP contribution in [0.4, 0.5) is 0 Å². The molecule has 0 saturated heterocycles. The monoisotopic (exact) mass is 349 g/mol. The quantitative estimate of drug-likeness (QED) is 0.175. The van der Waals surface area contributed by atoms with Crippen LogP contribution in [0.2, 0.25) is 0 Å². The lowest BCUT2D eigenvalue weighted by atomic mass is 10.2. The molecule has 0 aliphatic heterocycles. The van der Waals surface area contributed by atoms with Gasteiger partial charge in [-0.15, -0.1) is 0 Å². The van der Waals surface area contributed by atoms with E-state index in [1.165, 1.54) is 25.3 Å². The number of hydrogen-bond acceptors (Lipinski definition) is 3. The fourth-order valence-corrected chi connectivity index (χ4v) is 2.13. The van der Waals surface area contributed by atoms with E-state index in [1.807, 2.05) is 6.08 Å². The summed E-state index contributed by atoms with van der Waals surface area (Å²) >= 11 is 0. The van der Waals surface area contributed by atoms with Gasteiger partial charge in [0.2, 0.25) is 5.70 Å². The van der Waals surface area contributed by atoms with Gasteiger partial charge in [0.05, 0.1) is 11.3 Å². The highest BCUT2D eigenvalue weighted by atomic mass is 16.6. The highest BCUT2D eigenvalue weighted by Crippen LogP contribution is 2.08. The van der Waals surface area contributed by atoms with E-state index in [4.69, 9.17) is 5.11 Å². The van der Waals surface area contributed by atoms with Crippen molar-refractivity contribution in [3.05, 3.63) is 58.3 Å². The number of hydrogen-bond donors (Lipinski definition) is 1. The number of carbonyl (C=O) groups is 1. The van der Waals surface area contributed by atoms with Crippen molar-refractivity contribution in [3.63, 3.8) is 0 Å². The lowest BCUT2D eigenvalue weighted by molar-refractivity contribution is -0.427. The third-order valence-electron chi connectivity index (χ3n) is 3.55. The summed E-state index contributed by atoms with van der Waals surface area (Å²) in [7, 11) is 0. The fraction of sp³-hybridized carbons (Fsp3) is 0.550. The van der Waals surface area contributed by atoms with Crippen LogP contribution in [0.15, 0.2) is 48.2 Å². The predicted molar refractivity (Wildman–Crippen MR) is 102 cm³/mol. The van der Waals surface area contributed by atoms with Gasteiger partial charge in [-0.3, -0.25) is 14.9 Å². The molecule has 0 unspecified atom stereocenters. The zero-order valence-corrected chi connectivity index (χ0v) is 15.2. The molecular formula is C20H31NO4. The maximum atomic E-state index is 10.9. The molecule has 0 radical (unpaired) electrons. The smallest absolute Gasteiger partial charge is 0.303 e. The average molecular weight is 349 g/mol. The van der Waals surface area contributed by atoms with Crippen molar-refractivity contribution >= 4 is 5.97 Å². The van der Waals surface area contributed by atoms with E-state index in [0.717, 1.165) is 19.3 Å². The molecule has 0 aromatic rings. The number of carboxylic acids is 1. The van der Waals surface area contributed by atoms with Gasteiger partial charge < -0.3 is 5.11 Å². The molecule has 1 N–H and O–H groups in total. The van der Waals surface area contributed by atoms with E-state index >= 15 is 0 Å². The van der Waals surface area contributed by atoms with Gasteiger partial charge in [-0.1, -0.05) is 56.2 Å². The van der Waals surface area contributed by atoms with E-state index in [0.29, 0.717) is 12.8 Å². The Kier molecular flexibility index (Phi) is 15.2. The Bertz CT molecular complexity index is 490. The standard InChI is InChI=1S/C20H31NO4/c1-2-3-4-5-6-7-8-9-10-11-12-13-16-19(21(24)25)17-14-15-18-20(22)23/h6-7,9-10,12-13,17H,2-5,8,11,14-16,18H2,1H3,(H,22,23)/b7-6-,10-9-,13-12-,19-17+. The molecule has 0 rings (SSSR count). The number of nitrogens with zero attached hydrogens (tertiary/aromatic N) is 1. The van der Waals surface area contributed by atoms with Crippen LogP contribution in [-0.2, 0) is 4.79 Å². The molecule has 0 aliphatic rings. The second kappa shape index (κ2) is 16.7. The van der Waals surface area contributed by atoms with Crippen molar-refractivity contribution in [2.75, 3.05) is 0 Å². The summed E-state index contributed by atoms with van der Waals surface area (Å²) in [6, 6.07) is 0. The van der Waals surface area contributed by atoms with E-state index in [1.54, 1.807) is 6.08 Å². The van der Waals surface area contributed by atoms with E-state index in [-0.39, 0.29) is 18.5 Å². The second-order valence-electron chi connectivity index (χ2n) is 5.82. The largest absolute Gasteiger partial charge is 0.481 e. The topological polar surface area (TPSA) is 80.4 Å². The van der Waals surface area contributed by atoms with Gasteiger partial charge in [-0.2, -0.15) is 0 Å². The minimum Gasteiger partial charge on any atom is -0.481 e. The lowest BCUT2D eigenvalue weighted by Crippen LogP contribution is -1.98. The summed E-state index contributed by atoms with van der Waals surface area (Å²) in [5, 5.41) is 19.5. The molecule has 0 fully saturated rings.